The summed E-state index contributed by atoms with van der Waals surface area (Å²) in [5.74, 6) is -0.589. The van der Waals surface area contributed by atoms with Gasteiger partial charge in [-0.1, -0.05) is 89.9 Å². The van der Waals surface area contributed by atoms with Gasteiger partial charge >= 0.3 is 0 Å². The Balaban J connectivity index is 1.99. The molecule has 0 saturated heterocycles. The summed E-state index contributed by atoms with van der Waals surface area (Å²) >= 11 is 3.47. The van der Waals surface area contributed by atoms with E-state index in [1.807, 2.05) is 61.5 Å². The molecule has 0 aromatic heterocycles. The Morgan fingerprint density at radius 2 is 1.69 bits per heavy atom. The number of halogens is 1. The Hall–Kier alpha value is -3.52. The molecule has 2 amide bonds. The van der Waals surface area contributed by atoms with Crippen LogP contribution in [-0.2, 0) is 29.0 Å². The molecule has 36 heavy (non-hydrogen) atoms. The average molecular weight is 552 g/mol. The Morgan fingerprint density at radius 1 is 1.00 bits per heavy atom. The summed E-state index contributed by atoms with van der Waals surface area (Å²) < 4.78 is 0.859. The second-order valence-corrected chi connectivity index (χ2v) is 9.48. The van der Waals surface area contributed by atoms with Gasteiger partial charge in [-0.2, -0.15) is 0 Å². The molecular weight excluding hydrogens is 522 g/mol. The minimum absolute atomic E-state index is 0.111. The maximum atomic E-state index is 13.8. The van der Waals surface area contributed by atoms with E-state index >= 15 is 0 Å². The Labute approximate surface area is 219 Å². The molecule has 0 saturated carbocycles. The number of nitro benzene ring substituents is 1. The normalized spacial score (nSPS) is 11.5. The molecule has 0 radical (unpaired) electrons. The average Bonchev–Trinajstić information content (AvgIpc) is 2.87. The minimum Gasteiger partial charge on any atom is -0.354 e. The van der Waals surface area contributed by atoms with E-state index < -0.39 is 11.0 Å². The van der Waals surface area contributed by atoms with Gasteiger partial charge in [-0.25, -0.2) is 0 Å². The molecule has 3 aromatic rings. The molecular formula is C28H30BrN3O4. The van der Waals surface area contributed by atoms with E-state index in [-0.39, 0.29) is 30.5 Å². The number of carbonyl (C=O) groups is 2. The summed E-state index contributed by atoms with van der Waals surface area (Å²) in [6, 6.07) is 22.6. The van der Waals surface area contributed by atoms with Gasteiger partial charge in [-0.15, -0.1) is 0 Å². The van der Waals surface area contributed by atoms with Gasteiger partial charge in [0, 0.05) is 35.6 Å². The van der Waals surface area contributed by atoms with Gasteiger partial charge < -0.3 is 10.2 Å². The molecule has 1 atom stereocenters. The monoisotopic (exact) mass is 551 g/mol. The van der Waals surface area contributed by atoms with E-state index in [4.69, 9.17) is 0 Å². The highest BCUT2D eigenvalue weighted by Crippen LogP contribution is 2.22. The van der Waals surface area contributed by atoms with Crippen LogP contribution in [0, 0.1) is 10.1 Å². The lowest BCUT2D eigenvalue weighted by molar-refractivity contribution is -0.385. The number of nitro groups is 1. The smallest absolute Gasteiger partial charge is 0.273 e. The number of carbonyl (C=O) groups excluding carboxylic acids is 2. The van der Waals surface area contributed by atoms with E-state index in [0.29, 0.717) is 18.5 Å². The third-order valence-corrected chi connectivity index (χ3v) is 6.37. The van der Waals surface area contributed by atoms with Crippen molar-refractivity contribution >= 4 is 33.4 Å². The quantitative estimate of drug-likeness (QED) is 0.184. The van der Waals surface area contributed by atoms with E-state index in [1.165, 1.54) is 6.07 Å². The predicted molar refractivity (Wildman–Crippen MR) is 143 cm³/mol. The van der Waals surface area contributed by atoms with Crippen LogP contribution in [0.1, 0.15) is 36.5 Å². The maximum absolute atomic E-state index is 13.8. The second-order valence-electron chi connectivity index (χ2n) is 8.56. The van der Waals surface area contributed by atoms with Crippen molar-refractivity contribution in [2.75, 3.05) is 6.54 Å². The summed E-state index contributed by atoms with van der Waals surface area (Å²) in [6.07, 6.45) is 1.91. The zero-order chi connectivity index (χ0) is 25.9. The Kier molecular flexibility index (Phi) is 10.2. The second kappa shape index (κ2) is 13.5. The fourth-order valence-corrected chi connectivity index (χ4v) is 4.44. The van der Waals surface area contributed by atoms with Gasteiger partial charge in [0.1, 0.15) is 6.04 Å². The van der Waals surface area contributed by atoms with Crippen molar-refractivity contribution in [1.82, 2.24) is 10.2 Å². The van der Waals surface area contributed by atoms with Crippen LogP contribution in [0.5, 0.6) is 0 Å². The molecule has 0 aliphatic rings. The first kappa shape index (κ1) is 27.1. The Bertz CT molecular complexity index is 1190. The van der Waals surface area contributed by atoms with Crippen LogP contribution in [0.15, 0.2) is 83.3 Å². The molecule has 1 N–H and O–H groups in total. The van der Waals surface area contributed by atoms with Crippen LogP contribution in [0.25, 0.3) is 0 Å². The summed E-state index contributed by atoms with van der Waals surface area (Å²) in [6.45, 7) is 2.75. The van der Waals surface area contributed by atoms with Crippen molar-refractivity contribution in [2.24, 2.45) is 0 Å². The zero-order valence-electron chi connectivity index (χ0n) is 20.2. The fraction of sp³-hybridized carbons (Fsp3) is 0.286. The molecule has 1 unspecified atom stereocenters. The zero-order valence-corrected chi connectivity index (χ0v) is 21.8. The fourth-order valence-electron chi connectivity index (χ4n) is 4.00. The third-order valence-electron chi connectivity index (χ3n) is 5.87. The van der Waals surface area contributed by atoms with Crippen molar-refractivity contribution in [3.05, 3.63) is 110 Å². The number of para-hydroxylation sites is 1. The number of amides is 2. The van der Waals surface area contributed by atoms with Gasteiger partial charge in [0.2, 0.25) is 11.8 Å². The van der Waals surface area contributed by atoms with Crippen molar-refractivity contribution in [2.45, 2.75) is 45.2 Å². The van der Waals surface area contributed by atoms with E-state index in [9.17, 15) is 19.7 Å². The summed E-state index contributed by atoms with van der Waals surface area (Å²) in [5.41, 5.74) is 1.97. The lowest BCUT2D eigenvalue weighted by Gasteiger charge is -2.31. The lowest BCUT2D eigenvalue weighted by Crippen LogP contribution is -2.51. The molecule has 0 aliphatic heterocycles. The number of rotatable bonds is 12. The number of benzene rings is 3. The van der Waals surface area contributed by atoms with Gasteiger partial charge in [0.05, 0.1) is 11.3 Å². The van der Waals surface area contributed by atoms with Crippen molar-refractivity contribution < 1.29 is 14.5 Å². The highest BCUT2D eigenvalue weighted by molar-refractivity contribution is 9.10. The van der Waals surface area contributed by atoms with Crippen LogP contribution in [0.2, 0.25) is 0 Å². The van der Waals surface area contributed by atoms with Crippen LogP contribution < -0.4 is 5.32 Å². The van der Waals surface area contributed by atoms with Crippen LogP contribution in [0.4, 0.5) is 5.69 Å². The summed E-state index contributed by atoms with van der Waals surface area (Å²) in [4.78, 5) is 39.8. The van der Waals surface area contributed by atoms with E-state index in [0.717, 1.165) is 28.4 Å². The lowest BCUT2D eigenvalue weighted by atomic mass is 10.0. The Morgan fingerprint density at radius 3 is 2.39 bits per heavy atom. The molecule has 8 heteroatoms. The minimum atomic E-state index is -0.779. The van der Waals surface area contributed by atoms with Gasteiger partial charge in [0.25, 0.3) is 5.69 Å². The predicted octanol–water partition coefficient (Wildman–Crippen LogP) is 5.46. The number of unbranched alkanes of at least 4 members (excludes halogenated alkanes) is 1. The molecule has 0 heterocycles. The molecule has 188 valence electrons. The van der Waals surface area contributed by atoms with Crippen LogP contribution in [0.3, 0.4) is 0 Å². The van der Waals surface area contributed by atoms with Crippen molar-refractivity contribution in [3.8, 4) is 0 Å². The van der Waals surface area contributed by atoms with Gasteiger partial charge in [-0.3, -0.25) is 19.7 Å². The van der Waals surface area contributed by atoms with Crippen molar-refractivity contribution in [1.29, 1.82) is 0 Å². The maximum Gasteiger partial charge on any atom is 0.273 e. The summed E-state index contributed by atoms with van der Waals surface area (Å²) in [5, 5.41) is 14.5. The summed E-state index contributed by atoms with van der Waals surface area (Å²) in [7, 11) is 0. The van der Waals surface area contributed by atoms with Crippen molar-refractivity contribution in [3.63, 3.8) is 0 Å². The molecule has 0 bridgehead atoms. The SMILES string of the molecule is CCCCNC(=O)C(Cc1ccccc1)N(Cc1cccc(Br)c1)C(=O)Cc1ccccc1[N+](=O)[O-]. The first-order chi connectivity index (χ1) is 17.4. The topological polar surface area (TPSA) is 92.6 Å². The number of nitrogens with zero attached hydrogens (tertiary/aromatic N) is 2. The number of hydrogen-bond acceptors (Lipinski definition) is 4. The number of hydrogen-bond donors (Lipinski definition) is 1. The highest BCUT2D eigenvalue weighted by atomic mass is 79.9. The van der Waals surface area contributed by atoms with Gasteiger partial charge in [0.15, 0.2) is 0 Å². The van der Waals surface area contributed by atoms with E-state index in [1.54, 1.807) is 23.1 Å². The van der Waals surface area contributed by atoms with Crippen LogP contribution >= 0.6 is 15.9 Å². The molecule has 0 spiro atoms. The molecule has 3 aromatic carbocycles. The van der Waals surface area contributed by atoms with Gasteiger partial charge in [-0.05, 0) is 29.7 Å². The molecule has 7 nitrogen and oxygen atoms in total. The molecule has 3 rings (SSSR count). The first-order valence-electron chi connectivity index (χ1n) is 12.0. The first-order valence-corrected chi connectivity index (χ1v) is 12.8. The highest BCUT2D eigenvalue weighted by Gasteiger charge is 2.31. The number of nitrogens with one attached hydrogen (secondary N) is 1. The van der Waals surface area contributed by atoms with E-state index in [2.05, 4.69) is 21.2 Å². The molecule has 0 aliphatic carbocycles. The standard InChI is InChI=1S/C28H30BrN3O4/c1-2-3-16-30-28(34)26(18-21-10-5-4-6-11-21)31(20-22-12-9-14-24(29)17-22)27(33)19-23-13-7-8-15-25(23)32(35)36/h4-15,17,26H,2-3,16,18-20H2,1H3,(H,30,34). The molecule has 0 fully saturated rings. The largest absolute Gasteiger partial charge is 0.354 e. The third kappa shape index (κ3) is 7.75. The van der Waals surface area contributed by atoms with Crippen LogP contribution in [-0.4, -0.2) is 34.2 Å².